The fourth-order valence-electron chi connectivity index (χ4n) is 2.23. The van der Waals surface area contributed by atoms with Gasteiger partial charge >= 0.3 is 10.1 Å². The Hall–Kier alpha value is -2.11. The van der Waals surface area contributed by atoms with Gasteiger partial charge in [0.1, 0.15) is 10.6 Å². The van der Waals surface area contributed by atoms with Crippen LogP contribution in [-0.2, 0) is 10.1 Å². The van der Waals surface area contributed by atoms with Crippen LogP contribution in [0, 0.1) is 6.92 Å². The smallest absolute Gasteiger partial charge is 0.339 e. The van der Waals surface area contributed by atoms with E-state index >= 15 is 0 Å². The first-order valence-electron chi connectivity index (χ1n) is 7.31. The van der Waals surface area contributed by atoms with E-state index < -0.39 is 10.1 Å². The molecule has 122 valence electrons. The molecular weight excluding hydrogens is 388 g/mol. The van der Waals surface area contributed by atoms with Gasteiger partial charge in [-0.2, -0.15) is 8.42 Å². The molecule has 0 fully saturated rings. The maximum Gasteiger partial charge on any atom is 0.339 e. The van der Waals surface area contributed by atoms with Crippen molar-refractivity contribution in [3.63, 3.8) is 0 Å². The fraction of sp³-hybridized carbons (Fsp3) is 0.0526. The van der Waals surface area contributed by atoms with Crippen molar-refractivity contribution in [1.82, 2.24) is 0 Å². The van der Waals surface area contributed by atoms with Crippen molar-refractivity contribution in [2.24, 2.45) is 0 Å². The van der Waals surface area contributed by atoms with Gasteiger partial charge in [0.05, 0.1) is 0 Å². The minimum Gasteiger partial charge on any atom is -0.379 e. The number of aryl methyl sites for hydroxylation is 1. The molecule has 3 rings (SSSR count). The fourth-order valence-corrected chi connectivity index (χ4v) is 3.42. The zero-order valence-electron chi connectivity index (χ0n) is 12.9. The van der Waals surface area contributed by atoms with Gasteiger partial charge in [-0.05, 0) is 54.4 Å². The van der Waals surface area contributed by atoms with Crippen molar-refractivity contribution in [3.05, 3.63) is 82.8 Å². The van der Waals surface area contributed by atoms with E-state index in [4.69, 9.17) is 4.18 Å². The van der Waals surface area contributed by atoms with Crippen LogP contribution in [0.5, 0.6) is 5.75 Å². The predicted octanol–water partition coefficient (Wildman–Crippen LogP) is 5.19. The Morgan fingerprint density at radius 3 is 1.79 bits per heavy atom. The minimum atomic E-state index is -3.82. The first-order valence-corrected chi connectivity index (χ1v) is 9.51. The quantitative estimate of drug-likeness (QED) is 0.563. The van der Waals surface area contributed by atoms with Crippen molar-refractivity contribution in [2.45, 2.75) is 11.8 Å². The van der Waals surface area contributed by atoms with E-state index in [1.54, 1.807) is 36.4 Å². The van der Waals surface area contributed by atoms with Crippen LogP contribution in [0.25, 0.3) is 11.1 Å². The average molecular weight is 403 g/mol. The second-order valence-corrected chi connectivity index (χ2v) is 7.84. The summed E-state index contributed by atoms with van der Waals surface area (Å²) in [6.07, 6.45) is 0. The molecule has 3 aromatic carbocycles. The van der Waals surface area contributed by atoms with Gasteiger partial charge in [0.15, 0.2) is 0 Å². The Morgan fingerprint density at radius 1 is 0.750 bits per heavy atom. The van der Waals surface area contributed by atoms with Gasteiger partial charge in [0.2, 0.25) is 0 Å². The zero-order chi connectivity index (χ0) is 17.2. The zero-order valence-corrected chi connectivity index (χ0v) is 15.3. The highest BCUT2D eigenvalue weighted by atomic mass is 79.9. The Kier molecular flexibility index (Phi) is 4.73. The van der Waals surface area contributed by atoms with Gasteiger partial charge in [-0.1, -0.05) is 57.9 Å². The van der Waals surface area contributed by atoms with Gasteiger partial charge in [-0.3, -0.25) is 0 Å². The third-order valence-corrected chi connectivity index (χ3v) is 5.34. The standard InChI is InChI=1S/C19H15BrO3S/c1-14-2-12-19(13-3-14)24(21,22)23-18-10-6-16(7-11-18)15-4-8-17(20)9-5-15/h2-13H,1H3. The largest absolute Gasteiger partial charge is 0.379 e. The SMILES string of the molecule is Cc1ccc(S(=O)(=O)Oc2ccc(-c3ccc(Br)cc3)cc2)cc1. The number of hydrogen-bond acceptors (Lipinski definition) is 3. The van der Waals surface area contributed by atoms with Gasteiger partial charge in [-0.15, -0.1) is 0 Å². The molecule has 0 aliphatic rings. The lowest BCUT2D eigenvalue weighted by Crippen LogP contribution is -2.09. The van der Waals surface area contributed by atoms with Crippen LogP contribution >= 0.6 is 15.9 Å². The Bertz CT molecular complexity index is 929. The van der Waals surface area contributed by atoms with E-state index in [0.717, 1.165) is 21.2 Å². The van der Waals surface area contributed by atoms with E-state index in [2.05, 4.69) is 15.9 Å². The molecule has 0 aliphatic heterocycles. The van der Waals surface area contributed by atoms with E-state index in [-0.39, 0.29) is 10.6 Å². The van der Waals surface area contributed by atoms with Crippen LogP contribution in [0.3, 0.4) is 0 Å². The minimum absolute atomic E-state index is 0.144. The van der Waals surface area contributed by atoms with E-state index in [9.17, 15) is 8.42 Å². The molecule has 0 spiro atoms. The second kappa shape index (κ2) is 6.79. The molecule has 5 heteroatoms. The molecule has 0 amide bonds. The summed E-state index contributed by atoms with van der Waals surface area (Å²) in [5.41, 5.74) is 3.03. The third kappa shape index (κ3) is 3.86. The molecule has 3 nitrogen and oxygen atoms in total. The van der Waals surface area contributed by atoms with E-state index in [1.165, 1.54) is 0 Å². The lowest BCUT2D eigenvalue weighted by molar-refractivity contribution is 0.486. The van der Waals surface area contributed by atoms with Gasteiger partial charge in [-0.25, -0.2) is 0 Å². The number of rotatable bonds is 4. The summed E-state index contributed by atoms with van der Waals surface area (Å²) >= 11 is 3.40. The number of hydrogen-bond donors (Lipinski definition) is 0. The van der Waals surface area contributed by atoms with Crippen molar-refractivity contribution in [1.29, 1.82) is 0 Å². The summed E-state index contributed by atoms with van der Waals surface area (Å²) in [5, 5.41) is 0. The third-order valence-electron chi connectivity index (χ3n) is 3.55. The molecule has 0 aliphatic carbocycles. The van der Waals surface area contributed by atoms with Crippen LogP contribution in [0.15, 0.2) is 82.2 Å². The number of benzene rings is 3. The molecule has 0 saturated heterocycles. The Morgan fingerprint density at radius 2 is 1.25 bits per heavy atom. The van der Waals surface area contributed by atoms with Gasteiger partial charge < -0.3 is 4.18 Å². The van der Waals surface area contributed by atoms with Crippen LogP contribution in [0.4, 0.5) is 0 Å². The van der Waals surface area contributed by atoms with E-state index in [1.807, 2.05) is 43.3 Å². The van der Waals surface area contributed by atoms with Crippen LogP contribution < -0.4 is 4.18 Å². The molecule has 0 aromatic heterocycles. The first kappa shape index (κ1) is 16.7. The molecular formula is C19H15BrO3S. The molecule has 0 N–H and O–H groups in total. The highest BCUT2D eigenvalue weighted by Crippen LogP contribution is 2.25. The maximum absolute atomic E-state index is 12.3. The van der Waals surface area contributed by atoms with Crippen LogP contribution in [0.1, 0.15) is 5.56 Å². The molecule has 0 bridgehead atoms. The lowest BCUT2D eigenvalue weighted by atomic mass is 10.1. The summed E-state index contributed by atoms with van der Waals surface area (Å²) in [5.74, 6) is 0.288. The highest BCUT2D eigenvalue weighted by molar-refractivity contribution is 9.10. The molecule has 3 aromatic rings. The highest BCUT2D eigenvalue weighted by Gasteiger charge is 2.16. The normalized spacial score (nSPS) is 11.2. The van der Waals surface area contributed by atoms with Crippen molar-refractivity contribution in [2.75, 3.05) is 0 Å². The van der Waals surface area contributed by atoms with Crippen molar-refractivity contribution in [3.8, 4) is 16.9 Å². The molecule has 24 heavy (non-hydrogen) atoms. The van der Waals surface area contributed by atoms with Gasteiger partial charge in [0.25, 0.3) is 0 Å². The lowest BCUT2D eigenvalue weighted by Gasteiger charge is -2.08. The summed E-state index contributed by atoms with van der Waals surface area (Å²) in [4.78, 5) is 0.144. The number of halogens is 1. The molecule has 0 saturated carbocycles. The molecule has 0 heterocycles. The predicted molar refractivity (Wildman–Crippen MR) is 98.6 cm³/mol. The second-order valence-electron chi connectivity index (χ2n) is 5.38. The topological polar surface area (TPSA) is 43.4 Å². The van der Waals surface area contributed by atoms with Crippen molar-refractivity contribution < 1.29 is 12.6 Å². The van der Waals surface area contributed by atoms with Crippen LogP contribution in [-0.4, -0.2) is 8.42 Å². The summed E-state index contributed by atoms with van der Waals surface area (Å²) in [6, 6.07) is 21.5. The van der Waals surface area contributed by atoms with Crippen LogP contribution in [0.2, 0.25) is 0 Å². The van der Waals surface area contributed by atoms with Crippen molar-refractivity contribution >= 4 is 26.0 Å². The Balaban J connectivity index is 1.81. The van der Waals surface area contributed by atoms with E-state index in [0.29, 0.717) is 0 Å². The monoisotopic (exact) mass is 402 g/mol. The van der Waals surface area contributed by atoms with Gasteiger partial charge in [0, 0.05) is 4.47 Å². The first-order chi connectivity index (χ1) is 11.4. The molecule has 0 radical (unpaired) electrons. The average Bonchev–Trinajstić information content (AvgIpc) is 2.56. The summed E-state index contributed by atoms with van der Waals surface area (Å²) < 4.78 is 30.8. The summed E-state index contributed by atoms with van der Waals surface area (Å²) in [6.45, 7) is 1.90. The Labute approximate surface area is 150 Å². The summed E-state index contributed by atoms with van der Waals surface area (Å²) in [7, 11) is -3.82. The molecule has 0 unspecified atom stereocenters. The molecule has 0 atom stereocenters. The maximum atomic E-state index is 12.3.